The Morgan fingerprint density at radius 2 is 1.82 bits per heavy atom. The molecule has 1 fully saturated rings. The summed E-state index contributed by atoms with van der Waals surface area (Å²) < 4.78 is 26.0. The van der Waals surface area contributed by atoms with Crippen LogP contribution in [0, 0.1) is 5.92 Å². The van der Waals surface area contributed by atoms with Gasteiger partial charge in [-0.05, 0) is 74.4 Å². The third kappa shape index (κ3) is 8.03. The van der Waals surface area contributed by atoms with Gasteiger partial charge in [0.2, 0.25) is 16.0 Å². The maximum Gasteiger partial charge on any atom is 0.249 e. The molecule has 2 aliphatic rings. The van der Waals surface area contributed by atoms with Crippen molar-refractivity contribution >= 4 is 66.4 Å². The summed E-state index contributed by atoms with van der Waals surface area (Å²) in [6.07, 6.45) is 7.65. The third-order valence-electron chi connectivity index (χ3n) is 6.80. The van der Waals surface area contributed by atoms with E-state index in [1.54, 1.807) is 17.8 Å². The summed E-state index contributed by atoms with van der Waals surface area (Å²) in [5.41, 5.74) is 2.16. The van der Waals surface area contributed by atoms with Crippen LogP contribution in [0.2, 0.25) is 0 Å². The first-order valence-corrected chi connectivity index (χ1v) is 16.5. The number of aromatic nitrogens is 2. The first-order chi connectivity index (χ1) is 18.8. The second kappa shape index (κ2) is 13.7. The highest BCUT2D eigenvalue weighted by molar-refractivity contribution is 8.16. The molecule has 210 valence electrons. The number of benzene rings is 1. The number of para-hydroxylation sites is 1. The van der Waals surface area contributed by atoms with E-state index >= 15 is 0 Å². The fourth-order valence-corrected chi connectivity index (χ4v) is 7.60. The highest BCUT2D eigenvalue weighted by Gasteiger charge is 2.17. The Morgan fingerprint density at radius 3 is 2.56 bits per heavy atom. The lowest BCUT2D eigenvalue weighted by Crippen LogP contribution is -2.19. The van der Waals surface area contributed by atoms with Crippen molar-refractivity contribution in [2.45, 2.75) is 49.7 Å². The van der Waals surface area contributed by atoms with E-state index < -0.39 is 10.0 Å². The molecule has 1 aliphatic heterocycles. The van der Waals surface area contributed by atoms with Gasteiger partial charge in [0.15, 0.2) is 0 Å². The number of thiophene rings is 1. The van der Waals surface area contributed by atoms with Crippen molar-refractivity contribution in [1.29, 1.82) is 0 Å². The lowest BCUT2D eigenvalue weighted by atomic mass is 9.89. The summed E-state index contributed by atoms with van der Waals surface area (Å²) in [7, 11) is 2.15. The van der Waals surface area contributed by atoms with Crippen LogP contribution in [0.3, 0.4) is 0 Å². The van der Waals surface area contributed by atoms with Gasteiger partial charge in [-0.3, -0.25) is 4.99 Å². The van der Waals surface area contributed by atoms with E-state index in [9.17, 15) is 8.42 Å². The van der Waals surface area contributed by atoms with Gasteiger partial charge in [-0.1, -0.05) is 43.2 Å². The number of hydrogen-bond acceptors (Lipinski definition) is 9. The Bertz CT molecular complexity index is 1430. The minimum atomic E-state index is -3.33. The monoisotopic (exact) mass is 586 g/mol. The van der Waals surface area contributed by atoms with Crippen molar-refractivity contribution in [3.05, 3.63) is 46.7 Å². The van der Waals surface area contributed by atoms with Gasteiger partial charge in [0.25, 0.3) is 0 Å². The van der Waals surface area contributed by atoms with Crippen molar-refractivity contribution < 1.29 is 8.42 Å². The molecule has 0 amide bonds. The van der Waals surface area contributed by atoms with Gasteiger partial charge < -0.3 is 10.2 Å². The normalized spacial score (nSPS) is 16.5. The fraction of sp³-hybridized carbons (Fsp3) is 0.464. The van der Waals surface area contributed by atoms with Crippen LogP contribution in [0.4, 0.5) is 11.8 Å². The van der Waals surface area contributed by atoms with Crippen LogP contribution in [-0.2, 0) is 10.0 Å². The quantitative estimate of drug-likeness (QED) is 0.338. The molecular formula is C28H38N6O2S3. The molecule has 8 nitrogen and oxygen atoms in total. The van der Waals surface area contributed by atoms with Crippen LogP contribution >= 0.6 is 23.1 Å². The van der Waals surface area contributed by atoms with E-state index in [0.29, 0.717) is 4.21 Å². The number of nitrogens with zero attached hydrogens (tertiary/aromatic N) is 4. The molecule has 39 heavy (non-hydrogen) atoms. The molecule has 0 saturated heterocycles. The van der Waals surface area contributed by atoms with Gasteiger partial charge in [0.05, 0.1) is 10.6 Å². The Morgan fingerprint density at radius 1 is 1.05 bits per heavy atom. The van der Waals surface area contributed by atoms with Crippen LogP contribution in [0.1, 0.15) is 50.3 Å². The number of rotatable bonds is 7. The standard InChI is InChI=1S/C17H24N4.C11H14N2O2S3/c1-21(2)16-14-10-6-7-11-15(14)19-17(20-16)18-12-13-8-4-3-5-9-13;1-8-13-6-5-9(7-16-8)10-3-4-11(17-10)18(14,15)12-2/h6-7,10-11,13H,3-5,8-9,12H2,1-2H3,(H,18,19,20);3-4,7,12H,5-6H2,1-2H3. The van der Waals surface area contributed by atoms with Crippen LogP contribution < -0.4 is 14.9 Å². The highest BCUT2D eigenvalue weighted by Crippen LogP contribution is 2.32. The van der Waals surface area contributed by atoms with Crippen molar-refractivity contribution in [2.75, 3.05) is 44.4 Å². The van der Waals surface area contributed by atoms with Crippen LogP contribution in [0.5, 0.6) is 0 Å². The first-order valence-electron chi connectivity index (χ1n) is 13.4. The fourth-order valence-electron chi connectivity index (χ4n) is 4.61. The summed E-state index contributed by atoms with van der Waals surface area (Å²) in [5, 5.41) is 7.66. The number of hydrogen-bond donors (Lipinski definition) is 2. The maximum absolute atomic E-state index is 11.7. The first kappa shape index (κ1) is 29.5. The molecule has 0 bridgehead atoms. The van der Waals surface area contributed by atoms with Crippen LogP contribution in [0.15, 0.2) is 51.0 Å². The average Bonchev–Trinajstić information content (AvgIpc) is 3.36. The number of thioether (sulfide) groups is 1. The van der Waals surface area contributed by atoms with Crippen LogP contribution in [0.25, 0.3) is 16.5 Å². The van der Waals surface area contributed by atoms with E-state index in [2.05, 4.69) is 47.4 Å². The van der Waals surface area contributed by atoms with Gasteiger partial charge in [-0.25, -0.2) is 18.1 Å². The molecule has 3 aromatic rings. The third-order valence-corrected chi connectivity index (χ3v) is 10.7. The second-order valence-corrected chi connectivity index (χ2v) is 14.2. The molecule has 5 rings (SSSR count). The molecule has 1 aliphatic carbocycles. The number of sulfonamides is 1. The maximum atomic E-state index is 11.7. The predicted molar refractivity (Wildman–Crippen MR) is 168 cm³/mol. The van der Waals surface area contributed by atoms with Gasteiger partial charge in [0, 0.05) is 37.4 Å². The van der Waals surface area contributed by atoms with Crippen LogP contribution in [-0.4, -0.2) is 57.7 Å². The zero-order chi connectivity index (χ0) is 27.8. The zero-order valence-electron chi connectivity index (χ0n) is 23.1. The molecule has 0 unspecified atom stereocenters. The van der Waals surface area contributed by atoms with Gasteiger partial charge in [-0.2, -0.15) is 4.98 Å². The minimum Gasteiger partial charge on any atom is -0.362 e. The van der Waals surface area contributed by atoms with E-state index in [1.807, 2.05) is 39.2 Å². The Hall–Kier alpha value is -2.47. The Balaban J connectivity index is 0.000000183. The SMILES string of the molecule is CN(C)c1nc(NCC2CCCCC2)nc2ccccc12.CNS(=O)(=O)c1ccc(C2=CSC(C)=NCC2)s1. The lowest BCUT2D eigenvalue weighted by molar-refractivity contribution is 0.373. The number of aliphatic imine (C=N–C) groups is 1. The average molecular weight is 587 g/mol. The molecule has 1 aromatic carbocycles. The van der Waals surface area contributed by atoms with Crippen molar-refractivity contribution in [2.24, 2.45) is 10.9 Å². The predicted octanol–water partition coefficient (Wildman–Crippen LogP) is 6.24. The topological polar surface area (TPSA) is 99.6 Å². The van der Waals surface area contributed by atoms with Gasteiger partial charge >= 0.3 is 0 Å². The summed E-state index contributed by atoms with van der Waals surface area (Å²) in [6, 6.07) is 11.7. The Labute approximate surface area is 240 Å². The molecule has 0 spiro atoms. The molecule has 11 heteroatoms. The smallest absolute Gasteiger partial charge is 0.249 e. The second-order valence-electron chi connectivity index (χ2n) is 9.91. The van der Waals surface area contributed by atoms with Gasteiger partial charge in [-0.15, -0.1) is 11.3 Å². The number of fused-ring (bicyclic) bond motifs is 1. The largest absolute Gasteiger partial charge is 0.362 e. The van der Waals surface area contributed by atoms with E-state index in [4.69, 9.17) is 0 Å². The number of anilines is 2. The molecule has 2 N–H and O–H groups in total. The Kier molecular flexibility index (Phi) is 10.4. The van der Waals surface area contributed by atoms with Crippen molar-refractivity contribution in [3.8, 4) is 0 Å². The van der Waals surface area contributed by atoms with E-state index in [-0.39, 0.29) is 0 Å². The van der Waals surface area contributed by atoms with Crippen molar-refractivity contribution in [1.82, 2.24) is 14.7 Å². The molecular weight excluding hydrogens is 549 g/mol. The van der Waals surface area contributed by atoms with E-state index in [1.165, 1.54) is 50.5 Å². The molecule has 3 heterocycles. The molecule has 2 aromatic heterocycles. The molecule has 0 radical (unpaired) electrons. The summed E-state index contributed by atoms with van der Waals surface area (Å²) in [6.45, 7) is 3.73. The van der Waals surface area contributed by atoms with Gasteiger partial charge in [0.1, 0.15) is 10.0 Å². The van der Waals surface area contributed by atoms with E-state index in [0.717, 1.165) is 63.6 Å². The zero-order valence-corrected chi connectivity index (χ0v) is 25.6. The summed E-state index contributed by atoms with van der Waals surface area (Å²) in [4.78, 5) is 16.8. The molecule has 1 saturated carbocycles. The summed E-state index contributed by atoms with van der Waals surface area (Å²) in [5.74, 6) is 2.51. The molecule has 0 atom stereocenters. The van der Waals surface area contributed by atoms with Crippen molar-refractivity contribution in [3.63, 3.8) is 0 Å². The minimum absolute atomic E-state index is 0.354. The lowest BCUT2D eigenvalue weighted by Gasteiger charge is -2.22. The summed E-state index contributed by atoms with van der Waals surface area (Å²) >= 11 is 2.89. The number of nitrogens with one attached hydrogen (secondary N) is 2. The highest BCUT2D eigenvalue weighted by atomic mass is 32.2.